The van der Waals surface area contributed by atoms with E-state index >= 15 is 0 Å². The highest BCUT2D eigenvalue weighted by molar-refractivity contribution is 6.35. The highest BCUT2D eigenvalue weighted by Gasteiger charge is 2.16. The molecule has 3 nitrogen and oxygen atoms in total. The number of benzene rings is 1. The first kappa shape index (κ1) is 18.3. The van der Waals surface area contributed by atoms with Crippen molar-refractivity contribution in [3.63, 3.8) is 0 Å². The first-order valence-electron chi connectivity index (χ1n) is 6.31. The van der Waals surface area contributed by atoms with E-state index in [-0.39, 0.29) is 24.6 Å². The van der Waals surface area contributed by atoms with E-state index in [4.69, 9.17) is 27.6 Å². The van der Waals surface area contributed by atoms with Crippen molar-refractivity contribution in [3.8, 4) is 11.3 Å². The van der Waals surface area contributed by atoms with Crippen LogP contribution in [0, 0.1) is 0 Å². The molecule has 0 aliphatic heterocycles. The summed E-state index contributed by atoms with van der Waals surface area (Å²) in [6.45, 7) is 4.45. The van der Waals surface area contributed by atoms with E-state index in [9.17, 15) is 5.11 Å². The van der Waals surface area contributed by atoms with Crippen LogP contribution in [-0.2, 0) is 6.54 Å². The van der Waals surface area contributed by atoms with Crippen LogP contribution >= 0.6 is 35.6 Å². The Morgan fingerprint density at radius 1 is 1.14 bits per heavy atom. The molecule has 0 aliphatic rings. The van der Waals surface area contributed by atoms with Gasteiger partial charge in [0.25, 0.3) is 0 Å². The molecule has 0 saturated heterocycles. The Morgan fingerprint density at radius 2 is 1.76 bits per heavy atom. The number of furan rings is 1. The third-order valence-electron chi connectivity index (χ3n) is 2.95. The average molecular weight is 351 g/mol. The maximum atomic E-state index is 9.19. The number of aliphatic hydroxyl groups excluding tert-OH is 1. The van der Waals surface area contributed by atoms with Gasteiger partial charge in [-0.1, -0.05) is 23.2 Å². The molecule has 0 radical (unpaired) electrons. The maximum Gasteiger partial charge on any atom is 0.134 e. The summed E-state index contributed by atoms with van der Waals surface area (Å²) in [6.07, 6.45) is 0. The lowest BCUT2D eigenvalue weighted by Crippen LogP contribution is -2.41. The fraction of sp³-hybridized carbons (Fsp3) is 0.333. The molecule has 1 aromatic carbocycles. The Bertz CT molecular complexity index is 576. The average Bonchev–Trinajstić information content (AvgIpc) is 2.84. The number of halogens is 3. The summed E-state index contributed by atoms with van der Waals surface area (Å²) in [7, 11) is 0. The van der Waals surface area contributed by atoms with Crippen LogP contribution in [0.3, 0.4) is 0 Å². The highest BCUT2D eigenvalue weighted by Crippen LogP contribution is 2.28. The van der Waals surface area contributed by atoms with E-state index in [0.717, 1.165) is 11.3 Å². The monoisotopic (exact) mass is 349 g/mol. The Balaban J connectivity index is 0.00000220. The Hall–Kier alpha value is -0.710. The summed E-state index contributed by atoms with van der Waals surface area (Å²) in [5, 5.41) is 13.6. The Kier molecular flexibility index (Phi) is 6.57. The van der Waals surface area contributed by atoms with E-state index in [1.54, 1.807) is 18.2 Å². The largest absolute Gasteiger partial charge is 0.460 e. The van der Waals surface area contributed by atoms with Crippen LogP contribution in [0.5, 0.6) is 0 Å². The molecule has 0 saturated carbocycles. The van der Waals surface area contributed by atoms with Crippen molar-refractivity contribution in [2.45, 2.75) is 25.9 Å². The number of nitrogens with one attached hydrogen (secondary N) is 1. The summed E-state index contributed by atoms with van der Waals surface area (Å²) in [5.74, 6) is 1.51. The SMILES string of the molecule is CC(C)(CO)NCc1ccc(-c2cc(Cl)cc(Cl)c2)o1.Cl. The molecule has 2 rings (SSSR count). The predicted molar refractivity (Wildman–Crippen MR) is 89.4 cm³/mol. The Labute approximate surface area is 140 Å². The van der Waals surface area contributed by atoms with Crippen molar-refractivity contribution in [2.75, 3.05) is 6.61 Å². The van der Waals surface area contributed by atoms with Gasteiger partial charge >= 0.3 is 0 Å². The zero-order chi connectivity index (χ0) is 14.8. The number of hydrogen-bond acceptors (Lipinski definition) is 3. The molecule has 0 spiro atoms. The van der Waals surface area contributed by atoms with Gasteiger partial charge in [0.15, 0.2) is 0 Å². The lowest BCUT2D eigenvalue weighted by molar-refractivity contribution is 0.184. The van der Waals surface area contributed by atoms with Crippen molar-refractivity contribution in [2.24, 2.45) is 0 Å². The van der Waals surface area contributed by atoms with Crippen LogP contribution in [0.15, 0.2) is 34.7 Å². The van der Waals surface area contributed by atoms with Crippen LogP contribution in [0.25, 0.3) is 11.3 Å². The van der Waals surface area contributed by atoms with Crippen molar-refractivity contribution < 1.29 is 9.52 Å². The van der Waals surface area contributed by atoms with Gasteiger partial charge in [-0.25, -0.2) is 0 Å². The summed E-state index contributed by atoms with van der Waals surface area (Å²) in [5.41, 5.74) is 0.502. The van der Waals surface area contributed by atoms with Crippen LogP contribution in [-0.4, -0.2) is 17.3 Å². The Morgan fingerprint density at radius 3 is 2.33 bits per heavy atom. The lowest BCUT2D eigenvalue weighted by Gasteiger charge is -2.22. The summed E-state index contributed by atoms with van der Waals surface area (Å²) in [4.78, 5) is 0. The van der Waals surface area contributed by atoms with E-state index < -0.39 is 0 Å². The molecule has 1 aromatic heterocycles. The lowest BCUT2D eigenvalue weighted by atomic mass is 10.1. The quantitative estimate of drug-likeness (QED) is 0.832. The third kappa shape index (κ3) is 5.20. The van der Waals surface area contributed by atoms with Gasteiger partial charge in [-0.15, -0.1) is 12.4 Å². The molecular formula is C15H18Cl3NO2. The van der Waals surface area contributed by atoms with Crippen molar-refractivity contribution in [1.29, 1.82) is 0 Å². The van der Waals surface area contributed by atoms with Crippen molar-refractivity contribution >= 4 is 35.6 Å². The van der Waals surface area contributed by atoms with Crippen LogP contribution < -0.4 is 5.32 Å². The second-order valence-corrected chi connectivity index (χ2v) is 6.19. The van der Waals surface area contributed by atoms with E-state index in [1.165, 1.54) is 0 Å². The van der Waals surface area contributed by atoms with Crippen LogP contribution in [0.4, 0.5) is 0 Å². The van der Waals surface area contributed by atoms with Gasteiger partial charge in [-0.05, 0) is 44.2 Å². The summed E-state index contributed by atoms with van der Waals surface area (Å²) >= 11 is 12.0. The molecule has 0 aliphatic carbocycles. The topological polar surface area (TPSA) is 45.4 Å². The summed E-state index contributed by atoms with van der Waals surface area (Å²) in [6, 6.07) is 9.07. The van der Waals surface area contributed by atoms with Gasteiger partial charge < -0.3 is 14.8 Å². The number of aliphatic hydroxyl groups is 1. The molecule has 0 unspecified atom stereocenters. The minimum atomic E-state index is -0.341. The maximum absolute atomic E-state index is 9.19. The van der Waals surface area contributed by atoms with Crippen molar-refractivity contribution in [1.82, 2.24) is 5.32 Å². The minimum Gasteiger partial charge on any atom is -0.460 e. The van der Waals surface area contributed by atoms with Crippen LogP contribution in [0.2, 0.25) is 10.0 Å². The number of rotatable bonds is 5. The first-order valence-corrected chi connectivity index (χ1v) is 7.06. The van der Waals surface area contributed by atoms with E-state index in [1.807, 2.05) is 26.0 Å². The van der Waals surface area contributed by atoms with Gasteiger partial charge in [0.05, 0.1) is 13.2 Å². The molecule has 0 bridgehead atoms. The van der Waals surface area contributed by atoms with E-state index in [0.29, 0.717) is 22.4 Å². The predicted octanol–water partition coefficient (Wildman–Crippen LogP) is 4.54. The molecule has 2 aromatic rings. The zero-order valence-electron chi connectivity index (χ0n) is 11.8. The van der Waals surface area contributed by atoms with Gasteiger partial charge in [0.2, 0.25) is 0 Å². The fourth-order valence-electron chi connectivity index (χ4n) is 1.71. The molecule has 6 heteroatoms. The minimum absolute atomic E-state index is 0. The van der Waals surface area contributed by atoms with E-state index in [2.05, 4.69) is 5.32 Å². The highest BCUT2D eigenvalue weighted by atomic mass is 35.5. The standard InChI is InChI=1S/C15H17Cl2NO2.ClH/c1-15(2,9-19)18-8-13-3-4-14(20-13)10-5-11(16)7-12(17)6-10;/h3-7,18-19H,8-9H2,1-2H3;1H. The molecule has 21 heavy (non-hydrogen) atoms. The van der Waals surface area contributed by atoms with Crippen molar-refractivity contribution in [3.05, 3.63) is 46.1 Å². The van der Waals surface area contributed by atoms with Gasteiger partial charge in [0.1, 0.15) is 11.5 Å². The fourth-order valence-corrected chi connectivity index (χ4v) is 2.23. The second kappa shape index (κ2) is 7.52. The zero-order valence-corrected chi connectivity index (χ0v) is 14.1. The molecular weight excluding hydrogens is 333 g/mol. The molecule has 0 atom stereocenters. The molecule has 0 fully saturated rings. The number of hydrogen-bond donors (Lipinski definition) is 2. The molecule has 0 amide bonds. The third-order valence-corrected chi connectivity index (χ3v) is 3.38. The van der Waals surface area contributed by atoms with Gasteiger partial charge in [-0.3, -0.25) is 0 Å². The van der Waals surface area contributed by atoms with Gasteiger partial charge in [-0.2, -0.15) is 0 Å². The molecule has 2 N–H and O–H groups in total. The summed E-state index contributed by atoms with van der Waals surface area (Å²) < 4.78 is 5.76. The normalized spacial score (nSPS) is 11.3. The first-order chi connectivity index (χ1) is 9.39. The van der Waals surface area contributed by atoms with Crippen LogP contribution in [0.1, 0.15) is 19.6 Å². The smallest absolute Gasteiger partial charge is 0.134 e. The van der Waals surface area contributed by atoms with Gasteiger partial charge in [0, 0.05) is 21.1 Å². The molecule has 116 valence electrons. The second-order valence-electron chi connectivity index (χ2n) is 5.32. The molecule has 1 heterocycles.